The average Bonchev–Trinajstić information content (AvgIpc) is 2.36. The minimum Gasteiger partial charge on any atom is -0.314 e. The van der Waals surface area contributed by atoms with E-state index in [1.807, 2.05) is 18.2 Å². The molecule has 0 saturated carbocycles. The smallest absolute Gasteiger partial charge is 0.0408 e. The summed E-state index contributed by atoms with van der Waals surface area (Å²) >= 11 is 6.01. The highest BCUT2D eigenvalue weighted by molar-refractivity contribution is 6.30. The summed E-state index contributed by atoms with van der Waals surface area (Å²) in [5, 5.41) is 4.40. The summed E-state index contributed by atoms with van der Waals surface area (Å²) in [6.45, 7) is 3.24. The molecule has 0 aromatic heterocycles. The lowest BCUT2D eigenvalue weighted by Gasteiger charge is -2.18. The number of hydrogen-bond donors (Lipinski definition) is 1. The monoisotopic (exact) mass is 263 g/mol. The van der Waals surface area contributed by atoms with Gasteiger partial charge in [0.05, 0.1) is 0 Å². The molecule has 0 spiro atoms. The van der Waals surface area contributed by atoms with Gasteiger partial charge in [0.1, 0.15) is 0 Å². The molecule has 0 saturated heterocycles. The Morgan fingerprint density at radius 2 is 2.28 bits per heavy atom. The number of halogens is 1. The molecule has 0 radical (unpaired) electrons. The second kappa shape index (κ2) is 9.03. The molecule has 98 valence electrons. The van der Waals surface area contributed by atoms with Crippen LogP contribution in [-0.2, 0) is 6.42 Å². The highest BCUT2D eigenvalue weighted by atomic mass is 35.5. The summed E-state index contributed by atoms with van der Waals surface area (Å²) in [7, 11) is 0. The van der Waals surface area contributed by atoms with Crippen molar-refractivity contribution in [1.82, 2.24) is 5.32 Å². The Balaban J connectivity index is 2.51. The Hall–Kier alpha value is -0.970. The molecule has 0 amide bonds. The predicted octanol–water partition coefficient (Wildman–Crippen LogP) is 4.05. The Morgan fingerprint density at radius 3 is 2.94 bits per heavy atom. The van der Waals surface area contributed by atoms with Crippen LogP contribution in [0.4, 0.5) is 0 Å². The summed E-state index contributed by atoms with van der Waals surface area (Å²) in [6.07, 6.45) is 10.5. The second-order valence-electron chi connectivity index (χ2n) is 4.58. The van der Waals surface area contributed by atoms with Crippen molar-refractivity contribution in [3.05, 3.63) is 34.9 Å². The van der Waals surface area contributed by atoms with Crippen LogP contribution >= 0.6 is 11.6 Å². The summed E-state index contributed by atoms with van der Waals surface area (Å²) in [4.78, 5) is 0. The number of rotatable bonds is 8. The van der Waals surface area contributed by atoms with E-state index in [9.17, 15) is 0 Å². The van der Waals surface area contributed by atoms with Gasteiger partial charge in [-0.1, -0.05) is 30.7 Å². The maximum atomic E-state index is 6.01. The van der Waals surface area contributed by atoms with Crippen LogP contribution in [0.3, 0.4) is 0 Å². The Morgan fingerprint density at radius 1 is 1.44 bits per heavy atom. The van der Waals surface area contributed by atoms with Gasteiger partial charge in [-0.15, -0.1) is 12.3 Å². The summed E-state index contributed by atoms with van der Waals surface area (Å²) in [6, 6.07) is 8.60. The molecule has 18 heavy (non-hydrogen) atoms. The molecule has 1 aromatic carbocycles. The van der Waals surface area contributed by atoms with Gasteiger partial charge in [-0.25, -0.2) is 0 Å². The van der Waals surface area contributed by atoms with E-state index in [-0.39, 0.29) is 0 Å². The second-order valence-corrected chi connectivity index (χ2v) is 5.02. The maximum absolute atomic E-state index is 6.01. The molecule has 0 heterocycles. The Kier molecular flexibility index (Phi) is 7.57. The molecule has 1 aromatic rings. The quantitative estimate of drug-likeness (QED) is 0.551. The fourth-order valence-corrected chi connectivity index (χ4v) is 2.24. The zero-order valence-electron chi connectivity index (χ0n) is 11.1. The molecule has 0 aliphatic rings. The van der Waals surface area contributed by atoms with E-state index in [1.54, 1.807) is 0 Å². The third kappa shape index (κ3) is 6.10. The number of benzene rings is 1. The van der Waals surface area contributed by atoms with Gasteiger partial charge in [0.2, 0.25) is 0 Å². The first-order valence-corrected chi connectivity index (χ1v) is 7.05. The first-order valence-electron chi connectivity index (χ1n) is 6.67. The number of hydrogen-bond acceptors (Lipinski definition) is 1. The van der Waals surface area contributed by atoms with Crippen LogP contribution in [0.5, 0.6) is 0 Å². The van der Waals surface area contributed by atoms with Gasteiger partial charge >= 0.3 is 0 Å². The molecule has 2 heteroatoms. The Bertz CT molecular complexity index is 381. The fraction of sp³-hybridized carbons (Fsp3) is 0.500. The molecule has 1 atom stereocenters. The van der Waals surface area contributed by atoms with Crippen LogP contribution in [0.2, 0.25) is 5.02 Å². The largest absolute Gasteiger partial charge is 0.314 e. The fourth-order valence-electron chi connectivity index (χ4n) is 2.02. The van der Waals surface area contributed by atoms with Gasteiger partial charge in [-0.05, 0) is 49.9 Å². The highest BCUT2D eigenvalue weighted by Crippen LogP contribution is 2.14. The van der Waals surface area contributed by atoms with Crippen molar-refractivity contribution in [2.24, 2.45) is 0 Å². The third-order valence-electron chi connectivity index (χ3n) is 2.93. The summed E-state index contributed by atoms with van der Waals surface area (Å²) < 4.78 is 0. The van der Waals surface area contributed by atoms with Crippen LogP contribution in [0.15, 0.2) is 24.3 Å². The van der Waals surface area contributed by atoms with Crippen molar-refractivity contribution < 1.29 is 0 Å². The van der Waals surface area contributed by atoms with Gasteiger partial charge in [0, 0.05) is 17.5 Å². The highest BCUT2D eigenvalue weighted by Gasteiger charge is 2.08. The van der Waals surface area contributed by atoms with Crippen molar-refractivity contribution in [2.45, 2.75) is 45.1 Å². The van der Waals surface area contributed by atoms with Crippen molar-refractivity contribution in [3.8, 4) is 12.3 Å². The number of nitrogens with one attached hydrogen (secondary N) is 1. The van der Waals surface area contributed by atoms with Crippen molar-refractivity contribution in [3.63, 3.8) is 0 Å². The minimum absolute atomic E-state index is 0.497. The summed E-state index contributed by atoms with van der Waals surface area (Å²) in [5.41, 5.74) is 1.29. The molecule has 0 fully saturated rings. The van der Waals surface area contributed by atoms with Gasteiger partial charge in [0.25, 0.3) is 0 Å². The van der Waals surface area contributed by atoms with Crippen LogP contribution < -0.4 is 5.32 Å². The van der Waals surface area contributed by atoms with E-state index >= 15 is 0 Å². The lowest BCUT2D eigenvalue weighted by atomic mass is 10.0. The number of unbranched alkanes of at least 4 members (excludes halogenated alkanes) is 1. The van der Waals surface area contributed by atoms with Crippen LogP contribution in [0.25, 0.3) is 0 Å². The molecule has 0 aliphatic heterocycles. The van der Waals surface area contributed by atoms with Gasteiger partial charge < -0.3 is 5.32 Å². The van der Waals surface area contributed by atoms with E-state index in [1.165, 1.54) is 5.56 Å². The zero-order valence-corrected chi connectivity index (χ0v) is 11.8. The van der Waals surface area contributed by atoms with Gasteiger partial charge in [-0.2, -0.15) is 0 Å². The molecule has 1 unspecified atom stereocenters. The van der Waals surface area contributed by atoms with Crippen LogP contribution in [0.1, 0.15) is 38.2 Å². The molecule has 1 rings (SSSR count). The molecule has 0 bridgehead atoms. The lowest BCUT2D eigenvalue weighted by Crippen LogP contribution is -2.31. The van der Waals surface area contributed by atoms with Crippen molar-refractivity contribution in [2.75, 3.05) is 6.54 Å². The normalized spacial score (nSPS) is 12.1. The number of terminal acetylenes is 1. The van der Waals surface area contributed by atoms with Crippen LogP contribution in [0, 0.1) is 12.3 Å². The molecule has 1 nitrogen and oxygen atoms in total. The SMILES string of the molecule is C#CCCCC(Cc1cccc(Cl)c1)NCCC. The lowest BCUT2D eigenvalue weighted by molar-refractivity contribution is 0.467. The average molecular weight is 264 g/mol. The van der Waals surface area contributed by atoms with E-state index in [0.29, 0.717) is 6.04 Å². The molecular formula is C16H22ClN. The van der Waals surface area contributed by atoms with Gasteiger partial charge in [-0.3, -0.25) is 0 Å². The Labute approximate surface area is 116 Å². The van der Waals surface area contributed by atoms with E-state index in [2.05, 4.69) is 24.2 Å². The molecular weight excluding hydrogens is 242 g/mol. The minimum atomic E-state index is 0.497. The van der Waals surface area contributed by atoms with Gasteiger partial charge in [0.15, 0.2) is 0 Å². The third-order valence-corrected chi connectivity index (χ3v) is 3.16. The zero-order chi connectivity index (χ0) is 13.2. The molecule has 1 N–H and O–H groups in total. The molecule has 0 aliphatic carbocycles. The van der Waals surface area contributed by atoms with E-state index in [0.717, 1.165) is 43.7 Å². The first kappa shape index (κ1) is 15.1. The maximum Gasteiger partial charge on any atom is 0.0408 e. The topological polar surface area (TPSA) is 12.0 Å². The van der Waals surface area contributed by atoms with Crippen LogP contribution in [-0.4, -0.2) is 12.6 Å². The summed E-state index contributed by atoms with van der Waals surface area (Å²) in [5.74, 6) is 2.70. The first-order chi connectivity index (χ1) is 8.76. The van der Waals surface area contributed by atoms with E-state index in [4.69, 9.17) is 18.0 Å². The van der Waals surface area contributed by atoms with Crippen molar-refractivity contribution >= 4 is 11.6 Å². The van der Waals surface area contributed by atoms with E-state index < -0.39 is 0 Å². The van der Waals surface area contributed by atoms with Crippen molar-refractivity contribution in [1.29, 1.82) is 0 Å². The predicted molar refractivity (Wildman–Crippen MR) is 79.9 cm³/mol. The standard InChI is InChI=1S/C16H22ClN/c1-3-5-6-10-16(18-11-4-2)13-14-8-7-9-15(17)12-14/h1,7-9,12,16,18H,4-6,10-11,13H2,2H3.